The fourth-order valence-electron chi connectivity index (χ4n) is 4.59. The van der Waals surface area contributed by atoms with Gasteiger partial charge < -0.3 is 10.6 Å². The molecule has 6 heteroatoms. The van der Waals surface area contributed by atoms with E-state index < -0.39 is 0 Å². The molecule has 0 radical (unpaired) electrons. The molecule has 1 aromatic rings. The first-order chi connectivity index (χ1) is 11.9. The average Bonchev–Trinajstić information content (AvgIpc) is 2.55. The molecule has 1 atom stereocenters. The van der Waals surface area contributed by atoms with Crippen LogP contribution in [0.2, 0.25) is 0 Å². The smallest absolute Gasteiger partial charge is 0.235 e. The molecule has 0 bridgehead atoms. The summed E-state index contributed by atoms with van der Waals surface area (Å²) >= 11 is 0. The molecule has 1 aromatic carbocycles. The van der Waals surface area contributed by atoms with E-state index in [2.05, 4.69) is 4.90 Å². The first kappa shape index (κ1) is 17.9. The SMILES string of the molecule is CN1CCCC2(CCN(C(=O)Cc3cccc(F)c3)CC2)C1C(N)=O. The van der Waals surface area contributed by atoms with E-state index in [0.29, 0.717) is 18.7 Å². The Hall–Kier alpha value is -1.95. The number of primary amides is 1. The molecule has 2 N–H and O–H groups in total. The third kappa shape index (κ3) is 3.68. The number of likely N-dealkylation sites (tertiary alicyclic amines) is 2. The Morgan fingerprint density at radius 3 is 2.60 bits per heavy atom. The maximum absolute atomic E-state index is 13.3. The normalized spacial score (nSPS) is 23.6. The molecule has 2 aliphatic rings. The Bertz CT molecular complexity index is 656. The number of carbonyl (C=O) groups is 2. The summed E-state index contributed by atoms with van der Waals surface area (Å²) in [6, 6.07) is 5.93. The van der Waals surface area contributed by atoms with Gasteiger partial charge in [0.05, 0.1) is 12.5 Å². The number of hydrogen-bond donors (Lipinski definition) is 1. The van der Waals surface area contributed by atoms with Gasteiger partial charge in [0, 0.05) is 13.1 Å². The number of likely N-dealkylation sites (N-methyl/N-ethyl adjacent to an activating group) is 1. The van der Waals surface area contributed by atoms with Crippen molar-refractivity contribution in [3.05, 3.63) is 35.6 Å². The van der Waals surface area contributed by atoms with Gasteiger partial charge in [-0.1, -0.05) is 12.1 Å². The Morgan fingerprint density at radius 2 is 1.96 bits per heavy atom. The van der Waals surface area contributed by atoms with Crippen LogP contribution < -0.4 is 5.73 Å². The molecule has 3 rings (SSSR count). The molecule has 1 unspecified atom stereocenters. The minimum atomic E-state index is -0.322. The number of piperidine rings is 2. The zero-order valence-electron chi connectivity index (χ0n) is 14.7. The lowest BCUT2D eigenvalue weighted by atomic mass is 9.66. The number of benzene rings is 1. The third-order valence-electron chi connectivity index (χ3n) is 5.83. The van der Waals surface area contributed by atoms with Crippen molar-refractivity contribution in [1.29, 1.82) is 0 Å². The zero-order chi connectivity index (χ0) is 18.0. The number of carbonyl (C=O) groups excluding carboxylic acids is 2. The van der Waals surface area contributed by atoms with Crippen molar-refractivity contribution >= 4 is 11.8 Å². The van der Waals surface area contributed by atoms with Crippen molar-refractivity contribution in [2.24, 2.45) is 11.1 Å². The monoisotopic (exact) mass is 347 g/mol. The minimum absolute atomic E-state index is 0.0141. The average molecular weight is 347 g/mol. The van der Waals surface area contributed by atoms with Gasteiger partial charge in [0.1, 0.15) is 5.82 Å². The van der Waals surface area contributed by atoms with E-state index in [1.165, 1.54) is 12.1 Å². The summed E-state index contributed by atoms with van der Waals surface area (Å²) in [4.78, 5) is 28.4. The summed E-state index contributed by atoms with van der Waals surface area (Å²) in [6.07, 6.45) is 3.83. The molecule has 2 amide bonds. The van der Waals surface area contributed by atoms with Crippen LogP contribution in [0.15, 0.2) is 24.3 Å². The molecule has 5 nitrogen and oxygen atoms in total. The number of halogens is 1. The summed E-state index contributed by atoms with van der Waals surface area (Å²) in [7, 11) is 1.96. The summed E-state index contributed by atoms with van der Waals surface area (Å²) in [5, 5.41) is 0. The standard InChI is InChI=1S/C19H26FN3O2/c1-22-9-3-6-19(17(22)18(21)25)7-10-23(11-8-19)16(24)13-14-4-2-5-15(20)12-14/h2,4-5,12,17H,3,6-11,13H2,1H3,(H2,21,25). The van der Waals surface area contributed by atoms with Gasteiger partial charge in [0.25, 0.3) is 0 Å². The van der Waals surface area contributed by atoms with Gasteiger partial charge in [0.2, 0.25) is 11.8 Å². The molecule has 136 valence electrons. The van der Waals surface area contributed by atoms with E-state index >= 15 is 0 Å². The second-order valence-corrected chi connectivity index (χ2v) is 7.44. The Labute approximate surface area is 148 Å². The molecule has 0 aromatic heterocycles. The van der Waals surface area contributed by atoms with Crippen molar-refractivity contribution in [2.75, 3.05) is 26.7 Å². The molecule has 2 aliphatic heterocycles. The van der Waals surface area contributed by atoms with Crippen LogP contribution in [0.25, 0.3) is 0 Å². The molecular formula is C19H26FN3O2. The predicted octanol–water partition coefficient (Wildman–Crippen LogP) is 1.56. The van der Waals surface area contributed by atoms with E-state index in [1.54, 1.807) is 12.1 Å². The van der Waals surface area contributed by atoms with Crippen LogP contribution in [0, 0.1) is 11.2 Å². The van der Waals surface area contributed by atoms with Crippen LogP contribution in [0.1, 0.15) is 31.2 Å². The molecular weight excluding hydrogens is 321 g/mol. The van der Waals surface area contributed by atoms with Gasteiger partial charge in [-0.15, -0.1) is 0 Å². The first-order valence-electron chi connectivity index (χ1n) is 8.93. The van der Waals surface area contributed by atoms with Gasteiger partial charge in [-0.3, -0.25) is 14.5 Å². The summed E-state index contributed by atoms with van der Waals surface area (Å²) in [5.74, 6) is -0.570. The molecule has 1 spiro atoms. The predicted molar refractivity (Wildman–Crippen MR) is 93.2 cm³/mol. The van der Waals surface area contributed by atoms with Gasteiger partial charge >= 0.3 is 0 Å². The van der Waals surface area contributed by atoms with Crippen LogP contribution >= 0.6 is 0 Å². The number of rotatable bonds is 3. The van der Waals surface area contributed by atoms with Gasteiger partial charge in [-0.2, -0.15) is 0 Å². The summed E-state index contributed by atoms with van der Waals surface area (Å²) in [6.45, 7) is 2.15. The molecule has 0 saturated carbocycles. The van der Waals surface area contributed by atoms with Crippen molar-refractivity contribution in [2.45, 2.75) is 38.1 Å². The Kier molecular flexibility index (Phi) is 5.08. The largest absolute Gasteiger partial charge is 0.368 e. The molecule has 25 heavy (non-hydrogen) atoms. The molecule has 2 fully saturated rings. The highest BCUT2D eigenvalue weighted by Gasteiger charge is 2.48. The topological polar surface area (TPSA) is 66.6 Å². The van der Waals surface area contributed by atoms with E-state index in [0.717, 1.165) is 32.2 Å². The van der Waals surface area contributed by atoms with Crippen molar-refractivity contribution < 1.29 is 14.0 Å². The third-order valence-corrected chi connectivity index (χ3v) is 5.83. The highest BCUT2D eigenvalue weighted by Crippen LogP contribution is 2.44. The number of hydrogen-bond acceptors (Lipinski definition) is 3. The van der Waals surface area contributed by atoms with Crippen LogP contribution in [-0.4, -0.2) is 54.3 Å². The van der Waals surface area contributed by atoms with Crippen molar-refractivity contribution in [1.82, 2.24) is 9.80 Å². The lowest BCUT2D eigenvalue weighted by Gasteiger charge is -2.51. The van der Waals surface area contributed by atoms with E-state index in [9.17, 15) is 14.0 Å². The second-order valence-electron chi connectivity index (χ2n) is 7.44. The Morgan fingerprint density at radius 1 is 1.24 bits per heavy atom. The van der Waals surface area contributed by atoms with Crippen LogP contribution in [0.3, 0.4) is 0 Å². The molecule has 0 aliphatic carbocycles. The second kappa shape index (κ2) is 7.12. The maximum Gasteiger partial charge on any atom is 0.235 e. The van der Waals surface area contributed by atoms with Crippen molar-refractivity contribution in [3.8, 4) is 0 Å². The lowest BCUT2D eigenvalue weighted by Crippen LogP contribution is -2.60. The van der Waals surface area contributed by atoms with E-state index in [1.807, 2.05) is 11.9 Å². The van der Waals surface area contributed by atoms with Gasteiger partial charge in [0.15, 0.2) is 0 Å². The van der Waals surface area contributed by atoms with Crippen molar-refractivity contribution in [3.63, 3.8) is 0 Å². The zero-order valence-corrected chi connectivity index (χ0v) is 14.7. The highest BCUT2D eigenvalue weighted by atomic mass is 19.1. The number of amides is 2. The Balaban J connectivity index is 1.64. The quantitative estimate of drug-likeness (QED) is 0.902. The van der Waals surface area contributed by atoms with Gasteiger partial charge in [-0.25, -0.2) is 4.39 Å². The highest BCUT2D eigenvalue weighted by molar-refractivity contribution is 5.81. The first-order valence-corrected chi connectivity index (χ1v) is 8.93. The molecule has 2 heterocycles. The lowest BCUT2D eigenvalue weighted by molar-refractivity contribution is -0.138. The van der Waals surface area contributed by atoms with Crippen LogP contribution in [0.5, 0.6) is 0 Å². The number of nitrogens with two attached hydrogens (primary N) is 1. The fourth-order valence-corrected chi connectivity index (χ4v) is 4.59. The van der Waals surface area contributed by atoms with Crippen LogP contribution in [0.4, 0.5) is 4.39 Å². The van der Waals surface area contributed by atoms with Gasteiger partial charge in [-0.05, 0) is 62.4 Å². The fraction of sp³-hybridized carbons (Fsp3) is 0.579. The summed E-state index contributed by atoms with van der Waals surface area (Å²) in [5.41, 5.74) is 6.25. The van der Waals surface area contributed by atoms with E-state index in [-0.39, 0.29) is 35.5 Å². The van der Waals surface area contributed by atoms with Crippen LogP contribution in [-0.2, 0) is 16.0 Å². The maximum atomic E-state index is 13.3. The minimum Gasteiger partial charge on any atom is -0.368 e. The van der Waals surface area contributed by atoms with E-state index in [4.69, 9.17) is 5.73 Å². The number of nitrogens with zero attached hydrogens (tertiary/aromatic N) is 2. The summed E-state index contributed by atoms with van der Waals surface area (Å²) < 4.78 is 13.3. The molecule has 2 saturated heterocycles.